The van der Waals surface area contributed by atoms with Crippen LogP contribution in [0.1, 0.15) is 50.4 Å². The van der Waals surface area contributed by atoms with E-state index in [2.05, 4.69) is 46.9 Å². The smallest absolute Gasteiger partial charge is 0.0779 e. The Morgan fingerprint density at radius 1 is 1.33 bits per heavy atom. The molecular weight excluding hydrogens is 330 g/mol. The molecule has 1 atom stereocenters. The molecule has 0 radical (unpaired) electrons. The molecule has 0 spiro atoms. The lowest BCUT2D eigenvalue weighted by Crippen LogP contribution is -2.55. The van der Waals surface area contributed by atoms with Crippen molar-refractivity contribution in [3.63, 3.8) is 0 Å². The van der Waals surface area contributed by atoms with E-state index >= 15 is 0 Å². The molecule has 1 aromatic heterocycles. The van der Waals surface area contributed by atoms with Crippen LogP contribution in [0.2, 0.25) is 0 Å². The number of likely N-dealkylation sites (N-methyl/N-ethyl adjacent to an activating group) is 1. The van der Waals surface area contributed by atoms with Gasteiger partial charge in [0.25, 0.3) is 0 Å². The second-order valence-electron chi connectivity index (χ2n) is 6.46. The summed E-state index contributed by atoms with van der Waals surface area (Å²) in [7, 11) is 6.17. The highest BCUT2D eigenvalue weighted by atomic mass is 79.9. The third kappa shape index (κ3) is 3.20. The highest BCUT2D eigenvalue weighted by Gasteiger charge is 2.41. The number of hydrogen-bond acceptors (Lipinski definition) is 3. The van der Waals surface area contributed by atoms with E-state index < -0.39 is 0 Å². The van der Waals surface area contributed by atoms with Crippen molar-refractivity contribution in [1.29, 1.82) is 0 Å². The molecule has 1 heterocycles. The van der Waals surface area contributed by atoms with Gasteiger partial charge in [0.2, 0.25) is 0 Å². The minimum atomic E-state index is -0.357. The predicted molar refractivity (Wildman–Crippen MR) is 89.5 cm³/mol. The SMILES string of the molecule is CCc1nn(C)c(CC(O)C2(N(C)C)CCCCC2)c1Br. The van der Waals surface area contributed by atoms with Crippen LogP contribution in [0.4, 0.5) is 0 Å². The molecule has 0 amide bonds. The number of aliphatic hydroxyl groups is 1. The summed E-state index contributed by atoms with van der Waals surface area (Å²) in [6.07, 6.45) is 7.08. The van der Waals surface area contributed by atoms with Gasteiger partial charge in [0.15, 0.2) is 0 Å². The molecule has 1 saturated carbocycles. The lowest BCUT2D eigenvalue weighted by Gasteiger charge is -2.46. The topological polar surface area (TPSA) is 41.3 Å². The molecule has 0 aliphatic heterocycles. The van der Waals surface area contributed by atoms with Gasteiger partial charge >= 0.3 is 0 Å². The predicted octanol–water partition coefficient (Wildman–Crippen LogP) is 2.91. The van der Waals surface area contributed by atoms with Crippen LogP contribution in [-0.4, -0.2) is 45.5 Å². The number of aromatic nitrogens is 2. The molecule has 21 heavy (non-hydrogen) atoms. The normalized spacial score (nSPS) is 20.0. The second kappa shape index (κ2) is 6.80. The number of hydrogen-bond donors (Lipinski definition) is 1. The second-order valence-corrected chi connectivity index (χ2v) is 7.26. The zero-order valence-corrected chi connectivity index (χ0v) is 15.3. The Hall–Kier alpha value is -0.390. The maximum absolute atomic E-state index is 11.0. The van der Waals surface area contributed by atoms with Gasteiger partial charge in [-0.3, -0.25) is 4.68 Å². The number of rotatable bonds is 5. The van der Waals surface area contributed by atoms with Crippen molar-refractivity contribution in [3.05, 3.63) is 15.9 Å². The summed E-state index contributed by atoms with van der Waals surface area (Å²) in [4.78, 5) is 2.24. The van der Waals surface area contributed by atoms with Gasteiger partial charge in [-0.2, -0.15) is 5.10 Å². The van der Waals surface area contributed by atoms with E-state index in [1.165, 1.54) is 19.3 Å². The van der Waals surface area contributed by atoms with E-state index in [1.807, 2.05) is 11.7 Å². The highest BCUT2D eigenvalue weighted by molar-refractivity contribution is 9.10. The van der Waals surface area contributed by atoms with Crippen LogP contribution >= 0.6 is 15.9 Å². The molecule has 1 aliphatic rings. The third-order valence-electron chi connectivity index (χ3n) is 5.12. The standard InChI is InChI=1S/C16H28BrN3O/c1-5-12-15(17)13(20(4)18-12)11-14(21)16(19(2)3)9-7-6-8-10-16/h14,21H,5-11H2,1-4H3. The molecule has 4 nitrogen and oxygen atoms in total. The highest BCUT2D eigenvalue weighted by Crippen LogP contribution is 2.37. The summed E-state index contributed by atoms with van der Waals surface area (Å²) < 4.78 is 2.98. The summed E-state index contributed by atoms with van der Waals surface area (Å²) >= 11 is 3.66. The van der Waals surface area contributed by atoms with Crippen LogP contribution in [0.25, 0.3) is 0 Å². The maximum atomic E-state index is 11.0. The van der Waals surface area contributed by atoms with E-state index in [1.54, 1.807) is 0 Å². The molecule has 0 bridgehead atoms. The molecular formula is C16H28BrN3O. The van der Waals surface area contributed by atoms with E-state index in [4.69, 9.17) is 0 Å². The van der Waals surface area contributed by atoms with Gasteiger partial charge in [0.1, 0.15) is 0 Å². The Labute approximate surface area is 136 Å². The minimum Gasteiger partial charge on any atom is -0.391 e. The molecule has 0 aromatic carbocycles. The Balaban J connectivity index is 2.23. The lowest BCUT2D eigenvalue weighted by molar-refractivity contribution is -0.0319. The van der Waals surface area contributed by atoms with E-state index in [0.29, 0.717) is 6.42 Å². The van der Waals surface area contributed by atoms with Crippen molar-refractivity contribution < 1.29 is 5.11 Å². The van der Waals surface area contributed by atoms with Gasteiger partial charge in [-0.15, -0.1) is 0 Å². The summed E-state index contributed by atoms with van der Waals surface area (Å²) in [5, 5.41) is 15.5. The number of aliphatic hydroxyl groups excluding tert-OH is 1. The van der Waals surface area contributed by atoms with Crippen LogP contribution in [0.3, 0.4) is 0 Å². The molecule has 1 aliphatic carbocycles. The number of halogens is 1. The first-order valence-corrected chi connectivity index (χ1v) is 8.77. The van der Waals surface area contributed by atoms with Crippen molar-refractivity contribution in [2.75, 3.05) is 14.1 Å². The largest absolute Gasteiger partial charge is 0.391 e. The molecule has 1 fully saturated rings. The first-order valence-electron chi connectivity index (χ1n) is 7.98. The molecule has 1 unspecified atom stereocenters. The first-order chi connectivity index (χ1) is 9.92. The molecule has 5 heteroatoms. The van der Waals surface area contributed by atoms with Crippen LogP contribution in [0.5, 0.6) is 0 Å². The minimum absolute atomic E-state index is 0.0890. The summed E-state index contributed by atoms with van der Waals surface area (Å²) in [6.45, 7) is 2.11. The first kappa shape index (κ1) is 17.0. The van der Waals surface area contributed by atoms with Gasteiger partial charge in [-0.05, 0) is 49.3 Å². The lowest BCUT2D eigenvalue weighted by atomic mass is 9.75. The molecule has 1 aromatic rings. The van der Waals surface area contributed by atoms with Gasteiger partial charge in [0.05, 0.1) is 22.0 Å². The summed E-state index contributed by atoms with van der Waals surface area (Å²) in [5.74, 6) is 0. The van der Waals surface area contributed by atoms with Crippen LogP contribution < -0.4 is 0 Å². The average Bonchev–Trinajstić information content (AvgIpc) is 2.75. The molecule has 120 valence electrons. The summed E-state index contributed by atoms with van der Waals surface area (Å²) in [5.41, 5.74) is 2.09. The Morgan fingerprint density at radius 3 is 2.43 bits per heavy atom. The Morgan fingerprint density at radius 2 is 1.95 bits per heavy atom. The fraction of sp³-hybridized carbons (Fsp3) is 0.812. The van der Waals surface area contributed by atoms with Gasteiger partial charge in [-0.25, -0.2) is 0 Å². The number of aryl methyl sites for hydroxylation is 2. The zero-order chi connectivity index (χ0) is 15.6. The van der Waals surface area contributed by atoms with E-state index in [9.17, 15) is 5.11 Å². The third-order valence-corrected chi connectivity index (χ3v) is 6.04. The molecule has 1 N–H and O–H groups in total. The Kier molecular flexibility index (Phi) is 5.49. The maximum Gasteiger partial charge on any atom is 0.0779 e. The Bertz CT molecular complexity index is 478. The van der Waals surface area contributed by atoms with Gasteiger partial charge in [0, 0.05) is 19.0 Å². The van der Waals surface area contributed by atoms with E-state index in [0.717, 1.165) is 35.1 Å². The van der Waals surface area contributed by atoms with Crippen molar-refractivity contribution in [2.24, 2.45) is 7.05 Å². The quantitative estimate of drug-likeness (QED) is 0.880. The fourth-order valence-electron chi connectivity index (χ4n) is 3.66. The average molecular weight is 358 g/mol. The monoisotopic (exact) mass is 357 g/mol. The fourth-order valence-corrected chi connectivity index (χ4v) is 4.44. The van der Waals surface area contributed by atoms with Crippen molar-refractivity contribution >= 4 is 15.9 Å². The van der Waals surface area contributed by atoms with Crippen LogP contribution in [0, 0.1) is 0 Å². The van der Waals surface area contributed by atoms with Crippen molar-refractivity contribution in [3.8, 4) is 0 Å². The summed E-state index contributed by atoms with van der Waals surface area (Å²) in [6, 6.07) is 0. The number of nitrogens with zero attached hydrogens (tertiary/aromatic N) is 3. The van der Waals surface area contributed by atoms with Crippen LogP contribution in [-0.2, 0) is 19.9 Å². The van der Waals surface area contributed by atoms with Gasteiger partial charge < -0.3 is 10.0 Å². The van der Waals surface area contributed by atoms with Crippen LogP contribution in [0.15, 0.2) is 4.47 Å². The van der Waals surface area contributed by atoms with E-state index in [-0.39, 0.29) is 11.6 Å². The zero-order valence-electron chi connectivity index (χ0n) is 13.7. The van der Waals surface area contributed by atoms with Crippen molar-refractivity contribution in [1.82, 2.24) is 14.7 Å². The molecule has 2 rings (SSSR count). The van der Waals surface area contributed by atoms with Crippen molar-refractivity contribution in [2.45, 2.75) is 63.5 Å². The molecule has 0 saturated heterocycles. The van der Waals surface area contributed by atoms with Gasteiger partial charge in [-0.1, -0.05) is 26.2 Å².